The summed E-state index contributed by atoms with van der Waals surface area (Å²) in [6.07, 6.45) is 2.09. The van der Waals surface area contributed by atoms with Crippen LogP contribution >= 0.6 is 17.0 Å². The van der Waals surface area contributed by atoms with Crippen molar-refractivity contribution in [2.75, 3.05) is 27.2 Å². The summed E-state index contributed by atoms with van der Waals surface area (Å²) < 4.78 is 4.76. The minimum absolute atomic E-state index is 0. The molecule has 14 heavy (non-hydrogen) atoms. The molecule has 1 N–H and O–H groups in total. The van der Waals surface area contributed by atoms with E-state index in [0.29, 0.717) is 6.61 Å². The Morgan fingerprint density at radius 1 is 1.50 bits per heavy atom. The molecule has 0 saturated carbocycles. The lowest BCUT2D eigenvalue weighted by Gasteiger charge is -2.08. The molecular formula is C9H18BrNO3. The lowest BCUT2D eigenvalue weighted by atomic mass is 10.4. The van der Waals surface area contributed by atoms with Gasteiger partial charge in [-0.1, -0.05) is 0 Å². The highest BCUT2D eigenvalue weighted by Gasteiger charge is 2.06. The van der Waals surface area contributed by atoms with Crippen LogP contribution in [0.5, 0.6) is 0 Å². The number of nitrogens with zero attached hydrogens (tertiary/aromatic N) is 1. The van der Waals surface area contributed by atoms with Crippen LogP contribution in [0, 0.1) is 0 Å². The van der Waals surface area contributed by atoms with Crippen LogP contribution in [-0.2, 0) is 9.53 Å². The maximum atomic E-state index is 10.9. The summed E-state index contributed by atoms with van der Waals surface area (Å²) in [7, 11) is 3.90. The first-order valence-corrected chi connectivity index (χ1v) is 4.25. The fourth-order valence-electron chi connectivity index (χ4n) is 0.737. The third-order valence-electron chi connectivity index (χ3n) is 1.47. The van der Waals surface area contributed by atoms with Gasteiger partial charge in [0.05, 0.1) is 6.61 Å². The molecule has 0 saturated heterocycles. The van der Waals surface area contributed by atoms with E-state index in [-0.39, 0.29) is 22.7 Å². The van der Waals surface area contributed by atoms with Gasteiger partial charge < -0.3 is 14.7 Å². The fraction of sp³-hybridized carbons (Fsp3) is 0.667. The summed E-state index contributed by atoms with van der Waals surface area (Å²) in [5.74, 6) is -0.980. The van der Waals surface area contributed by atoms with E-state index in [1.807, 2.05) is 19.0 Å². The number of hydrogen-bond acceptors (Lipinski definition) is 4. The van der Waals surface area contributed by atoms with E-state index in [0.717, 1.165) is 13.0 Å². The molecule has 84 valence electrons. The lowest BCUT2D eigenvalue weighted by Crippen LogP contribution is -2.16. The van der Waals surface area contributed by atoms with E-state index < -0.39 is 5.97 Å². The smallest absolute Gasteiger partial charge is 0.373 e. The van der Waals surface area contributed by atoms with Crippen molar-refractivity contribution in [1.82, 2.24) is 4.90 Å². The zero-order chi connectivity index (χ0) is 10.3. The highest BCUT2D eigenvalue weighted by atomic mass is 79.9. The Balaban J connectivity index is 0. The molecule has 4 nitrogen and oxygen atoms in total. The van der Waals surface area contributed by atoms with Gasteiger partial charge in [0.2, 0.25) is 0 Å². The van der Waals surface area contributed by atoms with Gasteiger partial charge in [0.15, 0.2) is 5.76 Å². The van der Waals surface area contributed by atoms with Crippen molar-refractivity contribution in [1.29, 1.82) is 0 Å². The van der Waals surface area contributed by atoms with Crippen LogP contribution in [0.2, 0.25) is 0 Å². The number of allylic oxidation sites excluding steroid dienone is 1. The van der Waals surface area contributed by atoms with E-state index in [1.54, 1.807) is 6.92 Å². The monoisotopic (exact) mass is 267 g/mol. The van der Waals surface area contributed by atoms with Crippen molar-refractivity contribution in [3.8, 4) is 0 Å². The van der Waals surface area contributed by atoms with Crippen LogP contribution < -0.4 is 0 Å². The molecule has 0 rings (SSSR count). The van der Waals surface area contributed by atoms with Gasteiger partial charge in [-0.15, -0.1) is 17.0 Å². The molecule has 0 aliphatic rings. The Morgan fingerprint density at radius 3 is 2.50 bits per heavy atom. The van der Waals surface area contributed by atoms with Crippen molar-refractivity contribution in [3.63, 3.8) is 0 Å². The highest BCUT2D eigenvalue weighted by Crippen LogP contribution is 1.94. The quantitative estimate of drug-likeness (QED) is 0.355. The second kappa shape index (κ2) is 9.02. The number of halogens is 1. The van der Waals surface area contributed by atoms with Gasteiger partial charge in [-0.05, 0) is 33.5 Å². The van der Waals surface area contributed by atoms with E-state index in [1.165, 1.54) is 6.08 Å². The normalized spacial score (nSPS) is 11.0. The molecule has 0 amide bonds. The van der Waals surface area contributed by atoms with Gasteiger partial charge in [0.1, 0.15) is 0 Å². The topological polar surface area (TPSA) is 49.8 Å². The average Bonchev–Trinajstić information content (AvgIpc) is 2.10. The van der Waals surface area contributed by atoms with Crippen LogP contribution in [0.25, 0.3) is 0 Å². The van der Waals surface area contributed by atoms with Gasteiger partial charge in [-0.2, -0.15) is 0 Å². The third-order valence-corrected chi connectivity index (χ3v) is 1.47. The molecule has 0 atom stereocenters. The van der Waals surface area contributed by atoms with Crippen LogP contribution in [0.4, 0.5) is 0 Å². The predicted octanol–water partition coefficient (Wildman–Crippen LogP) is 1.52. The zero-order valence-corrected chi connectivity index (χ0v) is 10.5. The second-order valence-corrected chi connectivity index (χ2v) is 2.97. The number of aliphatic hydroxyl groups is 1. The Morgan fingerprint density at radius 2 is 2.07 bits per heavy atom. The van der Waals surface area contributed by atoms with E-state index in [4.69, 9.17) is 9.84 Å². The van der Waals surface area contributed by atoms with Crippen LogP contribution in [-0.4, -0.2) is 43.2 Å². The van der Waals surface area contributed by atoms with E-state index >= 15 is 0 Å². The summed E-state index contributed by atoms with van der Waals surface area (Å²) in [4.78, 5) is 12.9. The van der Waals surface area contributed by atoms with Gasteiger partial charge >= 0.3 is 5.97 Å². The average molecular weight is 268 g/mol. The molecule has 0 aliphatic heterocycles. The Kier molecular flexibility index (Phi) is 10.2. The fourth-order valence-corrected chi connectivity index (χ4v) is 0.737. The van der Waals surface area contributed by atoms with Crippen LogP contribution in [0.3, 0.4) is 0 Å². The lowest BCUT2D eigenvalue weighted by molar-refractivity contribution is -0.142. The molecule has 0 bridgehead atoms. The van der Waals surface area contributed by atoms with Crippen molar-refractivity contribution in [2.45, 2.75) is 13.3 Å². The van der Waals surface area contributed by atoms with Crippen LogP contribution in [0.15, 0.2) is 11.8 Å². The minimum atomic E-state index is -0.652. The molecule has 5 heteroatoms. The molecule has 0 aromatic rings. The number of esters is 1. The maximum Gasteiger partial charge on any atom is 0.373 e. The summed E-state index contributed by atoms with van der Waals surface area (Å²) in [5, 5.41) is 8.91. The van der Waals surface area contributed by atoms with Crippen molar-refractivity contribution in [2.24, 2.45) is 0 Å². The second-order valence-electron chi connectivity index (χ2n) is 2.97. The Labute approximate surface area is 95.3 Å². The van der Waals surface area contributed by atoms with Gasteiger partial charge in [-0.25, -0.2) is 4.79 Å². The maximum absolute atomic E-state index is 10.9. The first kappa shape index (κ1) is 15.9. The molecule has 0 unspecified atom stereocenters. The Bertz CT molecular complexity index is 192. The summed E-state index contributed by atoms with van der Waals surface area (Å²) >= 11 is 0. The third kappa shape index (κ3) is 8.07. The first-order chi connectivity index (χ1) is 6.07. The van der Waals surface area contributed by atoms with E-state index in [9.17, 15) is 4.79 Å². The molecule has 0 aliphatic carbocycles. The number of ether oxygens (including phenoxy) is 1. The van der Waals surface area contributed by atoms with Gasteiger partial charge in [0.25, 0.3) is 0 Å². The van der Waals surface area contributed by atoms with Crippen molar-refractivity contribution < 1.29 is 14.6 Å². The number of hydrogen-bond donors (Lipinski definition) is 1. The number of aliphatic hydroxyl groups excluding tert-OH is 1. The van der Waals surface area contributed by atoms with E-state index in [2.05, 4.69) is 0 Å². The summed E-state index contributed by atoms with van der Waals surface area (Å²) in [5.41, 5.74) is 0. The SMILES string of the molecule is Br.CC=C(O)C(=O)OCCCN(C)C. The van der Waals surface area contributed by atoms with Crippen molar-refractivity contribution >= 4 is 23.0 Å². The van der Waals surface area contributed by atoms with Gasteiger partial charge in [0, 0.05) is 6.54 Å². The minimum Gasteiger partial charge on any atom is -0.502 e. The number of carbonyl (C=O) groups is 1. The standard InChI is InChI=1S/C9H17NO3.BrH/c1-4-8(11)9(12)13-7-5-6-10(2)3;/h4,11H,5-7H2,1-3H3;1H. The molecule has 0 spiro atoms. The molecule has 0 fully saturated rings. The molecule has 0 heterocycles. The predicted molar refractivity (Wildman–Crippen MR) is 60.8 cm³/mol. The van der Waals surface area contributed by atoms with Crippen LogP contribution in [0.1, 0.15) is 13.3 Å². The summed E-state index contributed by atoms with van der Waals surface area (Å²) in [6.45, 7) is 2.79. The Hall–Kier alpha value is -0.550. The first-order valence-electron chi connectivity index (χ1n) is 4.25. The largest absolute Gasteiger partial charge is 0.502 e. The van der Waals surface area contributed by atoms with Crippen molar-refractivity contribution in [3.05, 3.63) is 11.8 Å². The number of carbonyl (C=O) groups excluding carboxylic acids is 1. The molecule has 0 aromatic carbocycles. The molecule has 0 radical (unpaired) electrons. The highest BCUT2D eigenvalue weighted by molar-refractivity contribution is 8.93. The number of rotatable bonds is 5. The van der Waals surface area contributed by atoms with Gasteiger partial charge in [-0.3, -0.25) is 0 Å². The molecule has 0 aromatic heterocycles. The molecular weight excluding hydrogens is 250 g/mol. The summed E-state index contributed by atoms with van der Waals surface area (Å²) in [6, 6.07) is 0. The zero-order valence-electron chi connectivity index (χ0n) is 8.82.